The number of hydrogen-bond acceptors (Lipinski definition) is 4. The molecule has 7 heteroatoms. The van der Waals surface area contributed by atoms with Gasteiger partial charge < -0.3 is 9.84 Å². The Kier molecular flexibility index (Phi) is 13.1. The number of nitrogens with one attached hydrogen (secondary N) is 1. The molecule has 0 aromatic rings. The number of fused-ring (bicyclic) bond motifs is 1. The molecule has 4 fully saturated rings. The largest absolute Gasteiger partial charge is 0.412 e. The molecule has 274 valence electrons. The number of aliphatic hydroxyl groups excluding tert-OH is 1. The van der Waals surface area contributed by atoms with Gasteiger partial charge >= 0.3 is 6.18 Å². The Bertz CT molecular complexity index is 1070. The van der Waals surface area contributed by atoms with Gasteiger partial charge in [0, 0.05) is 37.1 Å². The quantitative estimate of drug-likeness (QED) is 0.199. The first-order valence-corrected chi connectivity index (χ1v) is 20.5. The first-order valence-electron chi connectivity index (χ1n) is 20.5. The Morgan fingerprint density at radius 1 is 0.792 bits per heavy atom. The fraction of sp³-hybridized carbons (Fsp3) is 0.927. The summed E-state index contributed by atoms with van der Waals surface area (Å²) < 4.78 is 49.0. The second-order valence-electron chi connectivity index (χ2n) is 17.6. The van der Waals surface area contributed by atoms with E-state index >= 15 is 0 Å². The van der Waals surface area contributed by atoms with Gasteiger partial charge in [-0.25, -0.2) is 0 Å². The Hall–Kier alpha value is -0.920. The van der Waals surface area contributed by atoms with Crippen molar-refractivity contribution in [3.63, 3.8) is 0 Å². The number of alkyl halides is 3. The van der Waals surface area contributed by atoms with Crippen LogP contribution in [0, 0.1) is 53.3 Å². The number of rotatable bonds is 8. The highest BCUT2D eigenvalue weighted by atomic mass is 19.4. The van der Waals surface area contributed by atoms with Gasteiger partial charge in [0.2, 0.25) is 0 Å². The summed E-state index contributed by atoms with van der Waals surface area (Å²) in [6.45, 7) is 7.49. The van der Waals surface area contributed by atoms with Gasteiger partial charge in [-0.3, -0.25) is 10.3 Å². The van der Waals surface area contributed by atoms with Gasteiger partial charge in [-0.05, 0) is 130 Å². The molecule has 4 aliphatic carbocycles. The number of nitrogens with zero attached hydrogens (tertiary/aromatic N) is 1. The van der Waals surface area contributed by atoms with Gasteiger partial charge in [0.1, 0.15) is 6.23 Å². The molecule has 0 spiro atoms. The maximum atomic E-state index is 14.5. The van der Waals surface area contributed by atoms with Crippen LogP contribution in [0.4, 0.5) is 13.2 Å². The number of ether oxygens (including phenoxy) is 1. The molecule has 0 bridgehead atoms. The first-order chi connectivity index (χ1) is 23.1. The Balaban J connectivity index is 1.06. The molecule has 6 rings (SSSR count). The topological polar surface area (TPSA) is 53.8 Å². The van der Waals surface area contributed by atoms with Crippen molar-refractivity contribution in [2.45, 2.75) is 167 Å². The third-order valence-corrected chi connectivity index (χ3v) is 14.3. The van der Waals surface area contributed by atoms with Crippen LogP contribution in [0.1, 0.15) is 149 Å². The summed E-state index contributed by atoms with van der Waals surface area (Å²) in [5, 5.41) is 14.9. The average Bonchev–Trinajstić information content (AvgIpc) is 3.27. The van der Waals surface area contributed by atoms with E-state index in [9.17, 15) is 18.3 Å². The predicted octanol–water partition coefficient (Wildman–Crippen LogP) is 10.4. The number of aliphatic hydroxyl groups is 1. The van der Waals surface area contributed by atoms with Crippen molar-refractivity contribution in [3.8, 4) is 0 Å². The maximum Gasteiger partial charge on any atom is 0.412 e. The number of allylic oxidation sites excluding steroid dienone is 1. The van der Waals surface area contributed by atoms with Crippen molar-refractivity contribution < 1.29 is 23.0 Å². The first kappa shape index (κ1) is 36.9. The van der Waals surface area contributed by atoms with Gasteiger partial charge in [0.15, 0.2) is 0 Å². The second-order valence-corrected chi connectivity index (χ2v) is 17.6. The second kappa shape index (κ2) is 17.1. The zero-order valence-corrected chi connectivity index (χ0v) is 30.3. The number of hydrogen-bond donors (Lipinski definition) is 2. The molecule has 0 aromatic heterocycles. The molecule has 0 aromatic carbocycles. The highest BCUT2D eigenvalue weighted by Crippen LogP contribution is 2.50. The van der Waals surface area contributed by atoms with E-state index in [1.165, 1.54) is 57.1 Å². The highest BCUT2D eigenvalue weighted by molar-refractivity contribution is 5.85. The number of aliphatic imine (C=N–C) groups is 1. The highest BCUT2D eigenvalue weighted by Gasteiger charge is 2.44. The minimum Gasteiger partial charge on any atom is -0.381 e. The number of halogens is 3. The maximum absolute atomic E-state index is 14.5. The van der Waals surface area contributed by atoms with E-state index in [-0.39, 0.29) is 24.0 Å². The van der Waals surface area contributed by atoms with Crippen molar-refractivity contribution in [1.82, 2.24) is 5.32 Å². The normalized spacial score (nSPS) is 38.7. The summed E-state index contributed by atoms with van der Waals surface area (Å²) in [5.41, 5.74) is 1.82. The predicted molar refractivity (Wildman–Crippen MR) is 189 cm³/mol. The summed E-state index contributed by atoms with van der Waals surface area (Å²) in [5.74, 6) is 5.21. The minimum absolute atomic E-state index is 0.00674. The van der Waals surface area contributed by atoms with E-state index in [2.05, 4.69) is 19.2 Å². The lowest BCUT2D eigenvalue weighted by atomic mass is 9.59. The molecular weight excluding hydrogens is 609 g/mol. The molecule has 0 amide bonds. The van der Waals surface area contributed by atoms with Crippen LogP contribution in [-0.4, -0.2) is 49.0 Å². The van der Waals surface area contributed by atoms with Gasteiger partial charge in [-0.2, -0.15) is 13.2 Å². The van der Waals surface area contributed by atoms with E-state index in [4.69, 9.17) is 9.73 Å². The van der Waals surface area contributed by atoms with Crippen LogP contribution in [0.3, 0.4) is 0 Å². The zero-order chi connectivity index (χ0) is 33.7. The SMILES string of the molecule is CC1CCCC(CC2=C(C(F)(F)F)CC(NC(O)C3CCC(C)C(C4CCCC5CCC(CC6CCOCC6)=NCC54)C3)CC2)CCC1. The summed E-state index contributed by atoms with van der Waals surface area (Å²) in [7, 11) is 0. The third-order valence-electron chi connectivity index (χ3n) is 14.3. The molecule has 8 unspecified atom stereocenters. The monoisotopic (exact) mass is 677 g/mol. The van der Waals surface area contributed by atoms with Crippen molar-refractivity contribution in [3.05, 3.63) is 11.1 Å². The Morgan fingerprint density at radius 2 is 1.52 bits per heavy atom. The van der Waals surface area contributed by atoms with Crippen molar-refractivity contribution in [1.29, 1.82) is 0 Å². The molecule has 3 saturated carbocycles. The molecule has 2 aliphatic heterocycles. The molecule has 48 heavy (non-hydrogen) atoms. The Morgan fingerprint density at radius 3 is 2.27 bits per heavy atom. The molecule has 8 atom stereocenters. The van der Waals surface area contributed by atoms with E-state index in [0.717, 1.165) is 95.3 Å². The summed E-state index contributed by atoms with van der Waals surface area (Å²) >= 11 is 0. The van der Waals surface area contributed by atoms with Crippen LogP contribution in [0.25, 0.3) is 0 Å². The van der Waals surface area contributed by atoms with Crippen LogP contribution in [0.15, 0.2) is 16.1 Å². The van der Waals surface area contributed by atoms with Crippen LogP contribution >= 0.6 is 0 Å². The Labute approximate surface area is 289 Å². The molecule has 6 aliphatic rings. The van der Waals surface area contributed by atoms with Crippen LogP contribution in [-0.2, 0) is 4.74 Å². The molecule has 2 N–H and O–H groups in total. The van der Waals surface area contributed by atoms with Gasteiger partial charge in [-0.1, -0.05) is 77.2 Å². The average molecular weight is 677 g/mol. The molecule has 2 heterocycles. The molecule has 1 saturated heterocycles. The third kappa shape index (κ3) is 9.69. The lowest BCUT2D eigenvalue weighted by Gasteiger charge is -2.47. The molecular formula is C41H67F3N2O2. The smallest absolute Gasteiger partial charge is 0.381 e. The van der Waals surface area contributed by atoms with E-state index in [0.29, 0.717) is 54.4 Å². The van der Waals surface area contributed by atoms with Crippen molar-refractivity contribution in [2.75, 3.05) is 19.8 Å². The van der Waals surface area contributed by atoms with E-state index in [1.54, 1.807) is 0 Å². The lowest BCUT2D eigenvalue weighted by molar-refractivity contribution is -0.0980. The minimum atomic E-state index is -4.29. The van der Waals surface area contributed by atoms with Gasteiger partial charge in [0.05, 0.1) is 0 Å². The lowest BCUT2D eigenvalue weighted by Crippen LogP contribution is -2.48. The van der Waals surface area contributed by atoms with Gasteiger partial charge in [-0.15, -0.1) is 0 Å². The standard InChI is InChI=1S/C41H67F3N2O2/c1-27-6-3-8-29(9-4-7-27)22-32-15-17-35(25-39(32)41(42,43)44)46-40(47)33-13-12-28(2)37(24-33)36-11-5-10-31-14-16-34(45-26-38(31)36)23-30-18-20-48-21-19-30/h27-31,33,35-38,40,46-47H,3-26H2,1-2H3. The summed E-state index contributed by atoms with van der Waals surface area (Å²) in [4.78, 5) is 5.30. The summed E-state index contributed by atoms with van der Waals surface area (Å²) in [6.07, 6.45) is 16.5. The van der Waals surface area contributed by atoms with E-state index < -0.39 is 12.4 Å². The van der Waals surface area contributed by atoms with Crippen molar-refractivity contribution >= 4 is 5.71 Å². The van der Waals surface area contributed by atoms with Gasteiger partial charge in [0.25, 0.3) is 0 Å². The van der Waals surface area contributed by atoms with Crippen molar-refractivity contribution in [2.24, 2.45) is 58.3 Å². The van der Waals surface area contributed by atoms with Crippen LogP contribution < -0.4 is 5.32 Å². The van der Waals surface area contributed by atoms with Crippen LogP contribution in [0.2, 0.25) is 0 Å². The molecule has 4 nitrogen and oxygen atoms in total. The summed E-state index contributed by atoms with van der Waals surface area (Å²) in [6, 6.07) is -0.305. The fourth-order valence-electron chi connectivity index (χ4n) is 11.4. The fourth-order valence-corrected chi connectivity index (χ4v) is 11.4. The van der Waals surface area contributed by atoms with Crippen LogP contribution in [0.5, 0.6) is 0 Å². The molecule has 0 radical (unpaired) electrons. The van der Waals surface area contributed by atoms with E-state index in [1.807, 2.05) is 0 Å². The zero-order valence-electron chi connectivity index (χ0n) is 30.3.